The molecule has 2 aliphatic rings. The molecule has 0 saturated carbocycles. The summed E-state index contributed by atoms with van der Waals surface area (Å²) >= 11 is 0. The third-order valence-electron chi connectivity index (χ3n) is 3.24. The first kappa shape index (κ1) is 12.6. The zero-order valence-electron chi connectivity index (χ0n) is 9.47. The van der Waals surface area contributed by atoms with E-state index < -0.39 is 29.6 Å². The van der Waals surface area contributed by atoms with E-state index in [1.165, 1.54) is 6.08 Å². The normalized spacial score (nSPS) is 31.3. The maximum absolute atomic E-state index is 13.7. The number of hydrogen-bond donors (Lipinski definition) is 3. The van der Waals surface area contributed by atoms with Crippen LogP contribution in [0.1, 0.15) is 12.8 Å². The molecule has 0 bridgehead atoms. The lowest BCUT2D eigenvalue weighted by Crippen LogP contribution is -2.62. The van der Waals surface area contributed by atoms with Crippen molar-refractivity contribution in [3.63, 3.8) is 0 Å². The minimum Gasteiger partial charge on any atom is -0.480 e. The number of hydrogen-bond acceptors (Lipinski definition) is 4. The van der Waals surface area contributed by atoms with Gasteiger partial charge in [-0.05, 0) is 18.9 Å². The van der Waals surface area contributed by atoms with Gasteiger partial charge in [-0.25, -0.2) is 4.79 Å². The van der Waals surface area contributed by atoms with Gasteiger partial charge in [0.25, 0.3) is 0 Å². The molecule has 6 nitrogen and oxygen atoms in total. The molecule has 98 valence electrons. The molecule has 2 atom stereocenters. The van der Waals surface area contributed by atoms with Gasteiger partial charge in [0.1, 0.15) is 6.04 Å². The van der Waals surface area contributed by atoms with Crippen LogP contribution < -0.4 is 5.32 Å². The molecule has 0 aliphatic carbocycles. The summed E-state index contributed by atoms with van der Waals surface area (Å²) in [5.74, 6) is -3.08. The van der Waals surface area contributed by atoms with Gasteiger partial charge in [-0.3, -0.25) is 10.1 Å². The minimum absolute atomic E-state index is 0.0361. The fourth-order valence-corrected chi connectivity index (χ4v) is 2.30. The zero-order chi connectivity index (χ0) is 13.3. The first-order valence-corrected chi connectivity index (χ1v) is 5.51. The van der Waals surface area contributed by atoms with E-state index in [1.54, 1.807) is 6.08 Å². The minimum atomic E-state index is -1.69. The van der Waals surface area contributed by atoms with Crippen molar-refractivity contribution in [1.82, 2.24) is 10.2 Å². The third-order valence-corrected chi connectivity index (χ3v) is 3.24. The molecular formula is C11H13FN2O4. The van der Waals surface area contributed by atoms with E-state index in [9.17, 15) is 19.1 Å². The van der Waals surface area contributed by atoms with Gasteiger partial charge in [-0.2, -0.15) is 4.39 Å². The number of carbonyl (C=O) groups is 2. The SMILES string of the molecule is O=C(O)C1CC[C@@](C(=O)O)(N2CC=CC=C2F)N1. The summed E-state index contributed by atoms with van der Waals surface area (Å²) in [6.45, 7) is 0.0912. The molecule has 0 spiro atoms. The average molecular weight is 256 g/mol. The van der Waals surface area contributed by atoms with Gasteiger partial charge in [0.05, 0.1) is 0 Å². The number of aliphatic carboxylic acids is 2. The number of halogens is 1. The Kier molecular flexibility index (Phi) is 3.08. The Morgan fingerprint density at radius 2 is 2.22 bits per heavy atom. The Balaban J connectivity index is 2.30. The van der Waals surface area contributed by atoms with Gasteiger partial charge in [-0.15, -0.1) is 0 Å². The number of carboxylic acids is 2. The second kappa shape index (κ2) is 4.41. The van der Waals surface area contributed by atoms with Gasteiger partial charge in [0.2, 0.25) is 0 Å². The van der Waals surface area contributed by atoms with Crippen molar-refractivity contribution in [1.29, 1.82) is 0 Å². The van der Waals surface area contributed by atoms with Crippen LogP contribution in [0.15, 0.2) is 24.2 Å². The van der Waals surface area contributed by atoms with Gasteiger partial charge < -0.3 is 15.1 Å². The number of carboxylic acid groups (broad SMARTS) is 2. The maximum atomic E-state index is 13.7. The van der Waals surface area contributed by atoms with Crippen LogP contribution in [0, 0.1) is 0 Å². The Labute approximate surface area is 102 Å². The van der Waals surface area contributed by atoms with E-state index in [0.29, 0.717) is 0 Å². The van der Waals surface area contributed by atoms with Gasteiger partial charge in [-0.1, -0.05) is 12.2 Å². The van der Waals surface area contributed by atoms with Crippen molar-refractivity contribution in [2.45, 2.75) is 24.5 Å². The van der Waals surface area contributed by atoms with Crippen LogP contribution in [0.4, 0.5) is 4.39 Å². The quantitative estimate of drug-likeness (QED) is 0.629. The smallest absolute Gasteiger partial charge is 0.344 e. The Morgan fingerprint density at radius 3 is 2.72 bits per heavy atom. The number of rotatable bonds is 3. The Hall–Kier alpha value is -1.89. The second-order valence-electron chi connectivity index (χ2n) is 4.27. The van der Waals surface area contributed by atoms with Gasteiger partial charge in [0.15, 0.2) is 11.6 Å². The summed E-state index contributed by atoms with van der Waals surface area (Å²) in [6.07, 6.45) is 4.45. The van der Waals surface area contributed by atoms with Gasteiger partial charge >= 0.3 is 11.9 Å². The molecule has 7 heteroatoms. The third kappa shape index (κ3) is 1.86. The highest BCUT2D eigenvalue weighted by atomic mass is 19.1. The molecule has 2 heterocycles. The summed E-state index contributed by atoms with van der Waals surface area (Å²) < 4.78 is 13.7. The zero-order valence-corrected chi connectivity index (χ0v) is 9.47. The molecule has 0 amide bonds. The molecular weight excluding hydrogens is 243 g/mol. The second-order valence-corrected chi connectivity index (χ2v) is 4.27. The molecule has 18 heavy (non-hydrogen) atoms. The molecule has 0 aromatic rings. The van der Waals surface area contributed by atoms with Crippen molar-refractivity contribution >= 4 is 11.9 Å². The molecule has 2 rings (SSSR count). The topological polar surface area (TPSA) is 89.9 Å². The highest BCUT2D eigenvalue weighted by molar-refractivity contribution is 5.82. The monoisotopic (exact) mass is 256 g/mol. The first-order valence-electron chi connectivity index (χ1n) is 5.51. The number of nitrogens with zero attached hydrogens (tertiary/aromatic N) is 1. The molecule has 1 unspecified atom stereocenters. The van der Waals surface area contributed by atoms with Crippen molar-refractivity contribution in [2.75, 3.05) is 6.54 Å². The summed E-state index contributed by atoms with van der Waals surface area (Å²) in [4.78, 5) is 23.3. The molecule has 2 aliphatic heterocycles. The fourth-order valence-electron chi connectivity index (χ4n) is 2.30. The van der Waals surface area contributed by atoms with Crippen LogP contribution in [0.2, 0.25) is 0 Å². The number of nitrogens with one attached hydrogen (secondary N) is 1. The summed E-state index contributed by atoms with van der Waals surface area (Å²) in [5, 5.41) is 20.7. The first-order chi connectivity index (χ1) is 8.47. The van der Waals surface area contributed by atoms with E-state index in [0.717, 1.165) is 11.0 Å². The van der Waals surface area contributed by atoms with Crippen molar-refractivity contribution < 1.29 is 24.2 Å². The summed E-state index contributed by atoms with van der Waals surface area (Å²) in [7, 11) is 0. The van der Waals surface area contributed by atoms with Gasteiger partial charge in [0, 0.05) is 6.54 Å². The van der Waals surface area contributed by atoms with Crippen molar-refractivity contribution in [3.8, 4) is 0 Å². The summed E-state index contributed by atoms with van der Waals surface area (Å²) in [5.41, 5.74) is -1.69. The van der Waals surface area contributed by atoms with E-state index in [2.05, 4.69) is 5.32 Å². The van der Waals surface area contributed by atoms with E-state index >= 15 is 0 Å². The standard InChI is InChI=1S/C11H13FN2O4/c12-8-3-1-2-6-14(8)11(10(17)18)5-4-7(13-11)9(15)16/h1-3,7,13H,4-6H2,(H,15,16)(H,17,18)/t7?,11-/m0/s1. The van der Waals surface area contributed by atoms with Crippen LogP contribution in [0.3, 0.4) is 0 Å². The highest BCUT2D eigenvalue weighted by Crippen LogP contribution is 2.32. The molecule has 1 fully saturated rings. The van der Waals surface area contributed by atoms with E-state index in [1.807, 2.05) is 0 Å². The van der Waals surface area contributed by atoms with Crippen LogP contribution in [-0.4, -0.2) is 45.3 Å². The Bertz CT molecular complexity index is 448. The lowest BCUT2D eigenvalue weighted by Gasteiger charge is -2.38. The van der Waals surface area contributed by atoms with Crippen LogP contribution in [0.25, 0.3) is 0 Å². The molecule has 0 aromatic heterocycles. The van der Waals surface area contributed by atoms with Crippen molar-refractivity contribution in [2.24, 2.45) is 0 Å². The largest absolute Gasteiger partial charge is 0.480 e. The number of allylic oxidation sites excluding steroid dienone is 2. The van der Waals surface area contributed by atoms with E-state index in [4.69, 9.17) is 5.11 Å². The molecule has 0 aromatic carbocycles. The molecule has 3 N–H and O–H groups in total. The van der Waals surface area contributed by atoms with E-state index in [-0.39, 0.29) is 19.4 Å². The lowest BCUT2D eigenvalue weighted by molar-refractivity contribution is -0.153. The lowest BCUT2D eigenvalue weighted by atomic mass is 10.1. The Morgan fingerprint density at radius 1 is 1.50 bits per heavy atom. The average Bonchev–Trinajstić information content (AvgIpc) is 2.76. The maximum Gasteiger partial charge on any atom is 0.344 e. The predicted molar refractivity (Wildman–Crippen MR) is 59.2 cm³/mol. The van der Waals surface area contributed by atoms with Crippen LogP contribution in [0.5, 0.6) is 0 Å². The summed E-state index contributed by atoms with van der Waals surface area (Å²) in [6, 6.07) is -0.972. The van der Waals surface area contributed by atoms with Crippen LogP contribution >= 0.6 is 0 Å². The molecule has 0 radical (unpaired) electrons. The highest BCUT2D eigenvalue weighted by Gasteiger charge is 2.52. The fraction of sp³-hybridized carbons (Fsp3) is 0.455. The van der Waals surface area contributed by atoms with Crippen LogP contribution in [-0.2, 0) is 9.59 Å². The molecule has 1 saturated heterocycles. The van der Waals surface area contributed by atoms with Crippen molar-refractivity contribution in [3.05, 3.63) is 24.2 Å². The predicted octanol–water partition coefficient (Wildman–Crippen LogP) is 0.287.